The highest BCUT2D eigenvalue weighted by atomic mass is 15.2. The maximum atomic E-state index is 3.99. The van der Waals surface area contributed by atoms with Gasteiger partial charge in [0.25, 0.3) is 0 Å². The normalized spacial score (nSPS) is 34.4. The smallest absolute Gasteiger partial charge is 0.0328 e. The number of likely N-dealkylation sites (N-methyl/N-ethyl adjacent to an activating group) is 1. The molecule has 0 bridgehead atoms. The van der Waals surface area contributed by atoms with Gasteiger partial charge in [-0.3, -0.25) is 4.90 Å². The van der Waals surface area contributed by atoms with E-state index >= 15 is 0 Å². The molecule has 20 heavy (non-hydrogen) atoms. The van der Waals surface area contributed by atoms with E-state index in [2.05, 4.69) is 29.2 Å². The Bertz CT molecular complexity index is 309. The van der Waals surface area contributed by atoms with E-state index in [0.29, 0.717) is 5.54 Å². The molecule has 2 saturated heterocycles. The van der Waals surface area contributed by atoms with Gasteiger partial charge in [-0.25, -0.2) is 0 Å². The molecule has 0 aromatic heterocycles. The molecule has 1 saturated carbocycles. The summed E-state index contributed by atoms with van der Waals surface area (Å²) in [7, 11) is 4.57. The molecule has 116 valence electrons. The predicted octanol–water partition coefficient (Wildman–Crippen LogP) is 2.47. The molecular formula is C17H33N3. The summed E-state index contributed by atoms with van der Waals surface area (Å²) >= 11 is 0. The third kappa shape index (κ3) is 2.90. The summed E-state index contributed by atoms with van der Waals surface area (Å²) in [6, 6.07) is 1.60. The fraction of sp³-hybridized carbons (Fsp3) is 1.00. The summed E-state index contributed by atoms with van der Waals surface area (Å²) in [5.41, 5.74) is 0.431. The van der Waals surface area contributed by atoms with Crippen molar-refractivity contribution < 1.29 is 0 Å². The summed E-state index contributed by atoms with van der Waals surface area (Å²) in [5, 5.41) is 3.99. The first-order valence-electron chi connectivity index (χ1n) is 8.86. The van der Waals surface area contributed by atoms with E-state index in [1.165, 1.54) is 77.4 Å². The number of nitrogens with zero attached hydrogens (tertiary/aromatic N) is 2. The molecule has 2 atom stereocenters. The van der Waals surface area contributed by atoms with Gasteiger partial charge < -0.3 is 10.2 Å². The van der Waals surface area contributed by atoms with Crippen LogP contribution >= 0.6 is 0 Å². The Morgan fingerprint density at radius 3 is 2.55 bits per heavy atom. The lowest BCUT2D eigenvalue weighted by Crippen LogP contribution is -2.56. The van der Waals surface area contributed by atoms with Crippen LogP contribution in [0.3, 0.4) is 0 Å². The Morgan fingerprint density at radius 1 is 1.00 bits per heavy atom. The molecule has 1 N–H and O–H groups in total. The second kappa shape index (κ2) is 6.33. The van der Waals surface area contributed by atoms with E-state index in [9.17, 15) is 0 Å². The van der Waals surface area contributed by atoms with Crippen molar-refractivity contribution >= 4 is 0 Å². The van der Waals surface area contributed by atoms with Gasteiger partial charge >= 0.3 is 0 Å². The molecule has 0 spiro atoms. The lowest BCUT2D eigenvalue weighted by atomic mass is 9.80. The van der Waals surface area contributed by atoms with Crippen LogP contribution in [0.4, 0.5) is 0 Å². The van der Waals surface area contributed by atoms with Crippen LogP contribution in [-0.4, -0.2) is 61.2 Å². The second-order valence-corrected chi connectivity index (χ2v) is 7.55. The van der Waals surface area contributed by atoms with Crippen molar-refractivity contribution in [2.45, 2.75) is 75.4 Å². The summed E-state index contributed by atoms with van der Waals surface area (Å²) in [6.45, 7) is 3.88. The largest absolute Gasteiger partial charge is 0.311 e. The quantitative estimate of drug-likeness (QED) is 0.853. The van der Waals surface area contributed by atoms with Crippen LogP contribution in [0, 0.1) is 0 Å². The molecule has 3 aliphatic rings. The average Bonchev–Trinajstić information content (AvgIpc) is 2.89. The van der Waals surface area contributed by atoms with Gasteiger partial charge in [-0.1, -0.05) is 25.7 Å². The zero-order chi connectivity index (χ0) is 14.0. The van der Waals surface area contributed by atoms with Crippen molar-refractivity contribution in [3.8, 4) is 0 Å². The average molecular weight is 279 g/mol. The highest BCUT2D eigenvalue weighted by Crippen LogP contribution is 2.33. The van der Waals surface area contributed by atoms with Gasteiger partial charge in [-0.15, -0.1) is 0 Å². The van der Waals surface area contributed by atoms with Gasteiger partial charge in [0.05, 0.1) is 0 Å². The Morgan fingerprint density at radius 2 is 1.80 bits per heavy atom. The van der Waals surface area contributed by atoms with Crippen LogP contribution in [-0.2, 0) is 0 Å². The second-order valence-electron chi connectivity index (χ2n) is 7.55. The van der Waals surface area contributed by atoms with Crippen LogP contribution in [0.25, 0.3) is 0 Å². The molecule has 2 heterocycles. The van der Waals surface area contributed by atoms with E-state index in [1.54, 1.807) is 0 Å². The molecule has 3 heteroatoms. The van der Waals surface area contributed by atoms with Crippen LogP contribution in [0.5, 0.6) is 0 Å². The zero-order valence-corrected chi connectivity index (χ0v) is 13.5. The maximum Gasteiger partial charge on any atom is 0.0328 e. The zero-order valence-electron chi connectivity index (χ0n) is 13.5. The van der Waals surface area contributed by atoms with Gasteiger partial charge in [0.2, 0.25) is 0 Å². The SMILES string of the molecule is CN(C)C1(CNC2CCN3CCCCC23)CCCCC1. The molecule has 2 unspecified atom stereocenters. The van der Waals surface area contributed by atoms with Crippen molar-refractivity contribution in [2.75, 3.05) is 33.7 Å². The molecular weight excluding hydrogens is 246 g/mol. The number of fused-ring (bicyclic) bond motifs is 1. The first-order valence-corrected chi connectivity index (χ1v) is 8.86. The highest BCUT2D eigenvalue weighted by molar-refractivity contribution is 4.98. The Balaban J connectivity index is 1.57. The fourth-order valence-electron chi connectivity index (χ4n) is 4.80. The van der Waals surface area contributed by atoms with E-state index in [1.807, 2.05) is 0 Å². The minimum atomic E-state index is 0.431. The molecule has 0 amide bonds. The van der Waals surface area contributed by atoms with Gasteiger partial charge in [0.1, 0.15) is 0 Å². The summed E-state index contributed by atoms with van der Waals surface area (Å²) in [6.07, 6.45) is 12.7. The Labute approximate surface area is 125 Å². The third-order valence-electron chi connectivity index (χ3n) is 6.28. The van der Waals surface area contributed by atoms with Crippen LogP contribution in [0.2, 0.25) is 0 Å². The molecule has 3 nitrogen and oxygen atoms in total. The first-order chi connectivity index (χ1) is 9.71. The number of hydrogen-bond donors (Lipinski definition) is 1. The monoisotopic (exact) mass is 279 g/mol. The first kappa shape index (κ1) is 14.8. The minimum Gasteiger partial charge on any atom is -0.311 e. The molecule has 3 fully saturated rings. The molecule has 0 aromatic rings. The Kier molecular flexibility index (Phi) is 4.68. The molecule has 0 radical (unpaired) electrons. The van der Waals surface area contributed by atoms with Gasteiger partial charge in [-0.05, 0) is 52.7 Å². The topological polar surface area (TPSA) is 18.5 Å². The fourth-order valence-corrected chi connectivity index (χ4v) is 4.80. The van der Waals surface area contributed by atoms with Crippen molar-refractivity contribution in [1.82, 2.24) is 15.1 Å². The number of rotatable bonds is 4. The van der Waals surface area contributed by atoms with E-state index in [4.69, 9.17) is 0 Å². The van der Waals surface area contributed by atoms with Crippen molar-refractivity contribution in [2.24, 2.45) is 0 Å². The third-order valence-corrected chi connectivity index (χ3v) is 6.28. The summed E-state index contributed by atoms with van der Waals surface area (Å²) in [5.74, 6) is 0. The highest BCUT2D eigenvalue weighted by Gasteiger charge is 2.39. The number of piperidine rings is 1. The van der Waals surface area contributed by atoms with Gasteiger partial charge in [0.15, 0.2) is 0 Å². The van der Waals surface area contributed by atoms with Gasteiger partial charge in [0, 0.05) is 30.7 Å². The van der Waals surface area contributed by atoms with E-state index in [0.717, 1.165) is 12.1 Å². The summed E-state index contributed by atoms with van der Waals surface area (Å²) in [4.78, 5) is 5.25. The number of hydrogen-bond acceptors (Lipinski definition) is 3. The van der Waals surface area contributed by atoms with Crippen LogP contribution < -0.4 is 5.32 Å². The van der Waals surface area contributed by atoms with Crippen LogP contribution in [0.15, 0.2) is 0 Å². The lowest BCUT2D eigenvalue weighted by molar-refractivity contribution is 0.0904. The molecule has 0 aromatic carbocycles. The van der Waals surface area contributed by atoms with Crippen molar-refractivity contribution in [3.63, 3.8) is 0 Å². The van der Waals surface area contributed by atoms with E-state index < -0.39 is 0 Å². The van der Waals surface area contributed by atoms with Crippen molar-refractivity contribution in [1.29, 1.82) is 0 Å². The van der Waals surface area contributed by atoms with E-state index in [-0.39, 0.29) is 0 Å². The maximum absolute atomic E-state index is 3.99. The lowest BCUT2D eigenvalue weighted by Gasteiger charge is -2.44. The Hall–Kier alpha value is -0.120. The molecule has 3 rings (SSSR count). The standard InChI is InChI=1S/C17H33N3/c1-19(2)17(10-5-3-6-11-17)14-18-15-9-13-20-12-7-4-8-16(15)20/h15-16,18H,3-14H2,1-2H3. The molecule has 1 aliphatic carbocycles. The minimum absolute atomic E-state index is 0.431. The number of nitrogens with one attached hydrogen (secondary N) is 1. The van der Waals surface area contributed by atoms with Crippen LogP contribution in [0.1, 0.15) is 57.8 Å². The van der Waals surface area contributed by atoms with Gasteiger partial charge in [-0.2, -0.15) is 0 Å². The predicted molar refractivity (Wildman–Crippen MR) is 85.1 cm³/mol. The summed E-state index contributed by atoms with van der Waals surface area (Å²) < 4.78 is 0. The van der Waals surface area contributed by atoms with Crippen molar-refractivity contribution in [3.05, 3.63) is 0 Å². The molecule has 2 aliphatic heterocycles.